The monoisotopic (exact) mass is 344 g/mol. The van der Waals surface area contributed by atoms with Gasteiger partial charge >= 0.3 is 0 Å². The van der Waals surface area contributed by atoms with Gasteiger partial charge in [0.1, 0.15) is 0 Å². The molecule has 0 saturated carbocycles. The van der Waals surface area contributed by atoms with Gasteiger partial charge < -0.3 is 19.6 Å². The molecule has 1 N–H and O–H groups in total. The zero-order valence-corrected chi connectivity index (χ0v) is 15.1. The number of hydrogen-bond acceptors (Lipinski definition) is 5. The van der Waals surface area contributed by atoms with Crippen molar-refractivity contribution >= 4 is 23.1 Å². The molecule has 2 aromatic carbocycles. The predicted molar refractivity (Wildman–Crippen MR) is 102 cm³/mol. The third-order valence-electron chi connectivity index (χ3n) is 4.33. The van der Waals surface area contributed by atoms with E-state index in [1.807, 2.05) is 12.1 Å². The molecule has 0 atom stereocenters. The average Bonchev–Trinajstić information content (AvgIpc) is 2.83. The maximum Gasteiger partial charge on any atom is 0.184 e. The Kier molecular flexibility index (Phi) is 5.41. The first-order chi connectivity index (χ1) is 11.7. The highest BCUT2D eigenvalue weighted by atomic mass is 32.2. The fourth-order valence-corrected chi connectivity index (χ4v) is 3.68. The number of aromatic hydroxyl groups is 1. The minimum absolute atomic E-state index is 0.223. The van der Waals surface area contributed by atoms with Crippen molar-refractivity contribution in [3.05, 3.63) is 42.5 Å². The van der Waals surface area contributed by atoms with Crippen LogP contribution in [0, 0.1) is 0 Å². The number of phenols is 1. The molecule has 0 spiro atoms. The Labute approximate surface area is 148 Å². The maximum atomic E-state index is 10.1. The second-order valence-electron chi connectivity index (χ2n) is 5.91. The van der Waals surface area contributed by atoms with Crippen molar-refractivity contribution in [1.82, 2.24) is 0 Å². The SMILES string of the molecule is CSc1ccccc1N(C)CCN1CCCOc2c(O)cccc21. The van der Waals surface area contributed by atoms with Gasteiger partial charge in [-0.3, -0.25) is 0 Å². The quantitative estimate of drug-likeness (QED) is 0.834. The molecule has 0 aromatic heterocycles. The number of fused-ring (bicyclic) bond motifs is 1. The number of hydrogen-bond donors (Lipinski definition) is 1. The summed E-state index contributed by atoms with van der Waals surface area (Å²) in [5.74, 6) is 0.836. The zero-order chi connectivity index (χ0) is 16.9. The van der Waals surface area contributed by atoms with E-state index in [0.29, 0.717) is 12.4 Å². The molecular formula is C19H24N2O2S. The number of likely N-dealkylation sites (N-methyl/N-ethyl adjacent to an activating group) is 1. The summed E-state index contributed by atoms with van der Waals surface area (Å²) in [7, 11) is 2.13. The molecule has 0 aliphatic carbocycles. The highest BCUT2D eigenvalue weighted by Gasteiger charge is 2.19. The molecule has 2 aromatic rings. The van der Waals surface area contributed by atoms with Gasteiger partial charge in [0.05, 0.1) is 18.0 Å². The van der Waals surface area contributed by atoms with Crippen LogP contribution >= 0.6 is 11.8 Å². The van der Waals surface area contributed by atoms with Gasteiger partial charge in [0, 0.05) is 31.6 Å². The van der Waals surface area contributed by atoms with Crippen molar-refractivity contribution in [2.24, 2.45) is 0 Å². The van der Waals surface area contributed by atoms with Gasteiger partial charge in [-0.25, -0.2) is 0 Å². The summed E-state index contributed by atoms with van der Waals surface area (Å²) in [5, 5.41) is 10.1. The van der Waals surface area contributed by atoms with Crippen LogP contribution in [0.5, 0.6) is 11.5 Å². The van der Waals surface area contributed by atoms with Crippen LogP contribution in [0.15, 0.2) is 47.4 Å². The lowest BCUT2D eigenvalue weighted by molar-refractivity contribution is 0.304. The minimum Gasteiger partial charge on any atom is -0.504 e. The van der Waals surface area contributed by atoms with Crippen molar-refractivity contribution in [3.8, 4) is 11.5 Å². The fourth-order valence-electron chi connectivity index (χ4n) is 3.03. The topological polar surface area (TPSA) is 35.9 Å². The van der Waals surface area contributed by atoms with Crippen molar-refractivity contribution in [2.45, 2.75) is 11.3 Å². The van der Waals surface area contributed by atoms with E-state index >= 15 is 0 Å². The normalized spacial score (nSPS) is 13.8. The molecule has 0 saturated heterocycles. The van der Waals surface area contributed by atoms with Gasteiger partial charge in [-0.2, -0.15) is 0 Å². The van der Waals surface area contributed by atoms with Crippen LogP contribution in [0.4, 0.5) is 11.4 Å². The Morgan fingerprint density at radius 2 is 2.04 bits per heavy atom. The first kappa shape index (κ1) is 16.8. The van der Waals surface area contributed by atoms with E-state index in [1.54, 1.807) is 17.8 Å². The first-order valence-electron chi connectivity index (χ1n) is 8.24. The van der Waals surface area contributed by atoms with Gasteiger partial charge in [0.2, 0.25) is 0 Å². The summed E-state index contributed by atoms with van der Waals surface area (Å²) in [6.07, 6.45) is 3.07. The van der Waals surface area contributed by atoms with Crippen LogP contribution in [0.25, 0.3) is 0 Å². The molecule has 24 heavy (non-hydrogen) atoms. The van der Waals surface area contributed by atoms with Gasteiger partial charge in [0.25, 0.3) is 0 Å². The molecule has 5 heteroatoms. The summed E-state index contributed by atoms with van der Waals surface area (Å²) in [5.41, 5.74) is 2.24. The Morgan fingerprint density at radius 1 is 1.21 bits per heavy atom. The molecule has 3 rings (SSSR count). The highest BCUT2D eigenvalue weighted by Crippen LogP contribution is 2.38. The number of rotatable bonds is 5. The number of ether oxygens (including phenoxy) is 1. The summed E-state index contributed by atoms with van der Waals surface area (Å²) in [4.78, 5) is 5.89. The maximum absolute atomic E-state index is 10.1. The summed E-state index contributed by atoms with van der Waals surface area (Å²) >= 11 is 1.77. The van der Waals surface area contributed by atoms with E-state index in [2.05, 4.69) is 47.4 Å². The summed E-state index contributed by atoms with van der Waals surface area (Å²) in [6.45, 7) is 3.38. The lowest BCUT2D eigenvalue weighted by atomic mass is 10.2. The summed E-state index contributed by atoms with van der Waals surface area (Å²) < 4.78 is 5.73. The van der Waals surface area contributed by atoms with E-state index < -0.39 is 0 Å². The molecule has 0 bridgehead atoms. The number of nitrogens with zero attached hydrogens (tertiary/aromatic N) is 2. The third-order valence-corrected chi connectivity index (χ3v) is 5.12. The van der Waals surface area contributed by atoms with Crippen LogP contribution < -0.4 is 14.5 Å². The van der Waals surface area contributed by atoms with Gasteiger partial charge in [0.15, 0.2) is 11.5 Å². The Hall–Kier alpha value is -2.01. The third kappa shape index (κ3) is 3.56. The molecule has 1 heterocycles. The van der Waals surface area contributed by atoms with E-state index in [-0.39, 0.29) is 5.75 Å². The molecule has 4 nitrogen and oxygen atoms in total. The molecule has 0 radical (unpaired) electrons. The standard InChI is InChI=1S/C19H24N2O2S/c1-20(15-7-3-4-10-18(15)24-2)12-13-21-11-6-14-23-19-16(21)8-5-9-17(19)22/h3-5,7-10,22H,6,11-14H2,1-2H3. The van der Waals surface area contributed by atoms with Crippen LogP contribution in [-0.2, 0) is 0 Å². The Bertz CT molecular complexity index is 693. The highest BCUT2D eigenvalue weighted by molar-refractivity contribution is 7.98. The van der Waals surface area contributed by atoms with Crippen LogP contribution in [0.2, 0.25) is 0 Å². The molecular weight excluding hydrogens is 320 g/mol. The van der Waals surface area contributed by atoms with E-state index in [4.69, 9.17) is 4.74 Å². The fraction of sp³-hybridized carbons (Fsp3) is 0.368. The molecule has 1 aliphatic heterocycles. The number of thioether (sulfide) groups is 1. The molecule has 0 unspecified atom stereocenters. The molecule has 0 fully saturated rings. The lowest BCUT2D eigenvalue weighted by Gasteiger charge is -2.28. The second-order valence-corrected chi connectivity index (χ2v) is 6.76. The van der Waals surface area contributed by atoms with E-state index in [9.17, 15) is 5.11 Å². The largest absolute Gasteiger partial charge is 0.504 e. The van der Waals surface area contributed by atoms with Crippen molar-refractivity contribution < 1.29 is 9.84 Å². The van der Waals surface area contributed by atoms with Crippen molar-refractivity contribution in [2.75, 3.05) is 49.3 Å². The van der Waals surface area contributed by atoms with E-state index in [0.717, 1.165) is 31.7 Å². The molecule has 0 amide bonds. The number of para-hydroxylation sites is 2. The number of phenolic OH excluding ortho intramolecular Hbond substituents is 1. The van der Waals surface area contributed by atoms with Crippen LogP contribution in [0.3, 0.4) is 0 Å². The minimum atomic E-state index is 0.223. The zero-order valence-electron chi connectivity index (χ0n) is 14.2. The van der Waals surface area contributed by atoms with Crippen LogP contribution in [-0.4, -0.2) is 44.7 Å². The predicted octanol–water partition coefficient (Wildman–Crippen LogP) is 3.84. The van der Waals surface area contributed by atoms with Crippen molar-refractivity contribution in [3.63, 3.8) is 0 Å². The lowest BCUT2D eigenvalue weighted by Crippen LogP contribution is -2.34. The Balaban J connectivity index is 1.74. The van der Waals surface area contributed by atoms with Gasteiger partial charge in [-0.1, -0.05) is 18.2 Å². The number of anilines is 2. The molecule has 128 valence electrons. The number of benzene rings is 2. The van der Waals surface area contributed by atoms with Gasteiger partial charge in [-0.15, -0.1) is 11.8 Å². The smallest absolute Gasteiger partial charge is 0.184 e. The summed E-state index contributed by atoms with van der Waals surface area (Å²) in [6, 6.07) is 14.1. The van der Waals surface area contributed by atoms with E-state index in [1.165, 1.54) is 10.6 Å². The average molecular weight is 344 g/mol. The molecule has 1 aliphatic rings. The first-order valence-corrected chi connectivity index (χ1v) is 9.47. The Morgan fingerprint density at radius 3 is 2.88 bits per heavy atom. The second kappa shape index (κ2) is 7.71. The van der Waals surface area contributed by atoms with Gasteiger partial charge in [-0.05, 0) is 36.9 Å². The van der Waals surface area contributed by atoms with Crippen molar-refractivity contribution in [1.29, 1.82) is 0 Å². The van der Waals surface area contributed by atoms with Crippen LogP contribution in [0.1, 0.15) is 6.42 Å².